The van der Waals surface area contributed by atoms with Crippen LogP contribution >= 0.6 is 0 Å². The van der Waals surface area contributed by atoms with Gasteiger partial charge in [0.25, 0.3) is 0 Å². The van der Waals surface area contributed by atoms with E-state index < -0.39 is 15.7 Å². The first-order valence-corrected chi connectivity index (χ1v) is 5.79. The fourth-order valence-electron chi connectivity index (χ4n) is 1.07. The molecule has 1 aromatic carbocycles. The van der Waals surface area contributed by atoms with Crippen LogP contribution in [0.1, 0.15) is 12.5 Å². The summed E-state index contributed by atoms with van der Waals surface area (Å²) in [7, 11) is -3.55. The SMILES string of the molecule is CCS(=O)(=O)c1cc(N)c(F)cc1C#N. The van der Waals surface area contributed by atoms with Crippen molar-refractivity contribution in [3.05, 3.63) is 23.5 Å². The first-order chi connectivity index (χ1) is 6.92. The van der Waals surface area contributed by atoms with Gasteiger partial charge in [0.05, 0.1) is 21.9 Å². The molecule has 2 N–H and O–H groups in total. The molecule has 4 nitrogen and oxygen atoms in total. The molecule has 0 aliphatic rings. The highest BCUT2D eigenvalue weighted by Gasteiger charge is 2.18. The molecule has 80 valence electrons. The minimum absolute atomic E-state index is 0.160. The monoisotopic (exact) mass is 228 g/mol. The van der Waals surface area contributed by atoms with Crippen molar-refractivity contribution in [3.63, 3.8) is 0 Å². The number of halogens is 1. The molecular weight excluding hydrogens is 219 g/mol. The van der Waals surface area contributed by atoms with Crippen LogP contribution in [0.4, 0.5) is 10.1 Å². The molecule has 0 amide bonds. The Morgan fingerprint density at radius 2 is 2.13 bits per heavy atom. The Kier molecular flexibility index (Phi) is 2.95. The number of benzene rings is 1. The summed E-state index contributed by atoms with van der Waals surface area (Å²) in [4.78, 5) is -0.216. The Hall–Kier alpha value is -1.61. The highest BCUT2D eigenvalue weighted by atomic mass is 32.2. The van der Waals surface area contributed by atoms with E-state index in [9.17, 15) is 12.8 Å². The number of nitriles is 1. The third kappa shape index (κ3) is 2.07. The van der Waals surface area contributed by atoms with Gasteiger partial charge in [-0.15, -0.1) is 0 Å². The first kappa shape index (κ1) is 11.5. The molecule has 0 saturated carbocycles. The number of hydrogen-bond donors (Lipinski definition) is 1. The zero-order chi connectivity index (χ0) is 11.6. The van der Waals surface area contributed by atoms with Crippen molar-refractivity contribution in [3.8, 4) is 6.07 Å². The molecule has 0 spiro atoms. The van der Waals surface area contributed by atoms with E-state index in [0.29, 0.717) is 0 Å². The number of nitrogen functional groups attached to an aromatic ring is 1. The summed E-state index contributed by atoms with van der Waals surface area (Å²) in [5.74, 6) is -0.950. The zero-order valence-electron chi connectivity index (χ0n) is 7.99. The van der Waals surface area contributed by atoms with Crippen molar-refractivity contribution in [2.24, 2.45) is 0 Å². The van der Waals surface area contributed by atoms with Crippen molar-refractivity contribution in [1.82, 2.24) is 0 Å². The second-order valence-electron chi connectivity index (χ2n) is 2.89. The second-order valence-corrected chi connectivity index (χ2v) is 5.13. The molecule has 1 aromatic rings. The number of nitrogens with two attached hydrogens (primary N) is 1. The average Bonchev–Trinajstić information content (AvgIpc) is 2.21. The predicted octanol–water partition coefficient (Wildman–Crippen LogP) is 1.07. The fraction of sp³-hybridized carbons (Fsp3) is 0.222. The second kappa shape index (κ2) is 3.87. The zero-order valence-corrected chi connectivity index (χ0v) is 8.81. The lowest BCUT2D eigenvalue weighted by atomic mass is 10.2. The van der Waals surface area contributed by atoms with Crippen LogP contribution in [0.2, 0.25) is 0 Å². The quantitative estimate of drug-likeness (QED) is 0.606. The maximum Gasteiger partial charge on any atom is 0.179 e. The molecule has 15 heavy (non-hydrogen) atoms. The minimum atomic E-state index is -3.55. The third-order valence-corrected chi connectivity index (χ3v) is 3.70. The summed E-state index contributed by atoms with van der Waals surface area (Å²) >= 11 is 0. The molecule has 1 rings (SSSR count). The summed E-state index contributed by atoms with van der Waals surface area (Å²) < 4.78 is 36.0. The Bertz CT molecular complexity index is 532. The van der Waals surface area contributed by atoms with Crippen LogP contribution in [0.3, 0.4) is 0 Å². The van der Waals surface area contributed by atoms with Gasteiger partial charge in [-0.05, 0) is 12.1 Å². The van der Waals surface area contributed by atoms with Crippen LogP contribution < -0.4 is 5.73 Å². The van der Waals surface area contributed by atoms with Crippen LogP contribution in [0.25, 0.3) is 0 Å². The van der Waals surface area contributed by atoms with Gasteiger partial charge >= 0.3 is 0 Å². The first-order valence-electron chi connectivity index (χ1n) is 4.14. The van der Waals surface area contributed by atoms with Crippen LogP contribution in [0, 0.1) is 17.1 Å². The van der Waals surface area contributed by atoms with Gasteiger partial charge in [0.2, 0.25) is 0 Å². The van der Waals surface area contributed by atoms with E-state index >= 15 is 0 Å². The van der Waals surface area contributed by atoms with E-state index in [1.807, 2.05) is 0 Å². The summed E-state index contributed by atoms with van der Waals surface area (Å²) in [6, 6.07) is 3.44. The van der Waals surface area contributed by atoms with Crippen LogP contribution in [0.15, 0.2) is 17.0 Å². The van der Waals surface area contributed by atoms with Crippen molar-refractivity contribution < 1.29 is 12.8 Å². The lowest BCUT2D eigenvalue weighted by Gasteiger charge is -2.05. The number of rotatable bonds is 2. The molecule has 0 radical (unpaired) electrons. The standard InChI is InChI=1S/C9H9FN2O2S/c1-2-15(13,14)9-4-8(12)7(10)3-6(9)5-11/h3-4H,2,12H2,1H3. The molecule has 0 unspecified atom stereocenters. The number of anilines is 1. The summed E-state index contributed by atoms with van der Waals surface area (Å²) in [5.41, 5.74) is 4.75. The predicted molar refractivity (Wildman–Crippen MR) is 53.3 cm³/mol. The maximum atomic E-state index is 13.0. The van der Waals surface area contributed by atoms with Crippen LogP contribution in [0.5, 0.6) is 0 Å². The number of nitrogens with zero attached hydrogens (tertiary/aromatic N) is 1. The van der Waals surface area contributed by atoms with Crippen molar-refractivity contribution in [1.29, 1.82) is 5.26 Å². The molecular formula is C9H9FN2O2S. The lowest BCUT2D eigenvalue weighted by Crippen LogP contribution is -2.08. The normalized spacial score (nSPS) is 11.0. The molecule has 0 fully saturated rings. The van der Waals surface area contributed by atoms with Crippen molar-refractivity contribution in [2.45, 2.75) is 11.8 Å². The van der Waals surface area contributed by atoms with Crippen molar-refractivity contribution >= 4 is 15.5 Å². The third-order valence-electron chi connectivity index (χ3n) is 1.93. The lowest BCUT2D eigenvalue weighted by molar-refractivity contribution is 0.596. The molecule has 0 bridgehead atoms. The average molecular weight is 228 g/mol. The molecule has 6 heteroatoms. The summed E-state index contributed by atoms with van der Waals surface area (Å²) in [6.45, 7) is 1.44. The van der Waals surface area contributed by atoms with E-state index in [1.54, 1.807) is 6.07 Å². The Labute approximate surface area is 87.0 Å². The summed E-state index contributed by atoms with van der Waals surface area (Å²) in [6.07, 6.45) is 0. The van der Waals surface area contributed by atoms with E-state index in [-0.39, 0.29) is 21.9 Å². The van der Waals surface area contributed by atoms with Gasteiger partial charge in [-0.2, -0.15) is 5.26 Å². The maximum absolute atomic E-state index is 13.0. The van der Waals surface area contributed by atoms with Crippen LogP contribution in [-0.4, -0.2) is 14.2 Å². The fourth-order valence-corrected chi connectivity index (χ4v) is 2.13. The molecule has 0 aliphatic carbocycles. The topological polar surface area (TPSA) is 83.9 Å². The Morgan fingerprint density at radius 1 is 1.53 bits per heavy atom. The van der Waals surface area contributed by atoms with Gasteiger partial charge in [-0.1, -0.05) is 6.92 Å². The van der Waals surface area contributed by atoms with E-state index in [0.717, 1.165) is 12.1 Å². The molecule has 0 saturated heterocycles. The smallest absolute Gasteiger partial charge is 0.179 e. The number of hydrogen-bond acceptors (Lipinski definition) is 4. The van der Waals surface area contributed by atoms with Crippen LogP contribution in [-0.2, 0) is 9.84 Å². The molecule has 0 aliphatic heterocycles. The van der Waals surface area contributed by atoms with E-state index in [4.69, 9.17) is 11.0 Å². The van der Waals surface area contributed by atoms with Gasteiger partial charge < -0.3 is 5.73 Å². The van der Waals surface area contributed by atoms with Crippen molar-refractivity contribution in [2.75, 3.05) is 11.5 Å². The number of sulfone groups is 1. The van der Waals surface area contributed by atoms with Gasteiger partial charge in [0, 0.05) is 0 Å². The van der Waals surface area contributed by atoms with Gasteiger partial charge in [0.1, 0.15) is 11.9 Å². The molecule has 0 atom stereocenters. The Balaban J connectivity index is 3.57. The van der Waals surface area contributed by atoms with E-state index in [1.165, 1.54) is 6.92 Å². The highest BCUT2D eigenvalue weighted by Crippen LogP contribution is 2.22. The minimum Gasteiger partial charge on any atom is -0.396 e. The summed E-state index contributed by atoms with van der Waals surface area (Å²) in [5, 5.41) is 8.67. The molecule has 0 heterocycles. The Morgan fingerprint density at radius 3 is 2.60 bits per heavy atom. The largest absolute Gasteiger partial charge is 0.396 e. The molecule has 0 aromatic heterocycles. The van der Waals surface area contributed by atoms with Gasteiger partial charge in [0.15, 0.2) is 9.84 Å². The van der Waals surface area contributed by atoms with E-state index in [2.05, 4.69) is 0 Å². The highest BCUT2D eigenvalue weighted by molar-refractivity contribution is 7.91. The van der Waals surface area contributed by atoms with Gasteiger partial charge in [-0.25, -0.2) is 12.8 Å². The van der Waals surface area contributed by atoms with Gasteiger partial charge in [-0.3, -0.25) is 0 Å².